The van der Waals surface area contributed by atoms with Crippen LogP contribution in [0, 0.1) is 0 Å². The SMILES string of the molecule is c1ccc2c(c1)Cc1sc3ccccc3c1-2. The molecule has 0 amide bonds. The third kappa shape index (κ3) is 0.987. The molecule has 1 aliphatic rings. The molecule has 2 aromatic carbocycles. The number of benzene rings is 2. The highest BCUT2D eigenvalue weighted by Gasteiger charge is 2.22. The Kier molecular flexibility index (Phi) is 1.58. The lowest BCUT2D eigenvalue weighted by Crippen LogP contribution is -1.77. The maximum Gasteiger partial charge on any atom is 0.0352 e. The van der Waals surface area contributed by atoms with Crippen LogP contribution in [0.5, 0.6) is 0 Å². The van der Waals surface area contributed by atoms with Crippen molar-refractivity contribution in [2.24, 2.45) is 0 Å². The normalized spacial score (nSPS) is 12.8. The molecule has 0 nitrogen and oxygen atoms in total. The predicted molar refractivity (Wildman–Crippen MR) is 70.1 cm³/mol. The van der Waals surface area contributed by atoms with Crippen molar-refractivity contribution in [1.29, 1.82) is 0 Å². The first-order chi connectivity index (χ1) is 7.93. The van der Waals surface area contributed by atoms with Crippen molar-refractivity contribution in [3.05, 3.63) is 59.0 Å². The number of hydrogen-bond acceptors (Lipinski definition) is 1. The fourth-order valence-corrected chi connectivity index (χ4v) is 3.85. The van der Waals surface area contributed by atoms with Crippen LogP contribution in [0.3, 0.4) is 0 Å². The molecule has 0 saturated heterocycles. The van der Waals surface area contributed by atoms with E-state index in [0.29, 0.717) is 0 Å². The third-order valence-corrected chi connectivity index (χ3v) is 4.48. The summed E-state index contributed by atoms with van der Waals surface area (Å²) >= 11 is 1.94. The van der Waals surface area contributed by atoms with Gasteiger partial charge in [-0.1, -0.05) is 42.5 Å². The Morgan fingerprint density at radius 3 is 2.69 bits per heavy atom. The second-order valence-electron chi connectivity index (χ2n) is 4.23. The molecule has 1 heterocycles. The van der Waals surface area contributed by atoms with Crippen LogP contribution in [-0.2, 0) is 6.42 Å². The highest BCUT2D eigenvalue weighted by Crippen LogP contribution is 2.45. The zero-order valence-corrected chi connectivity index (χ0v) is 9.55. The van der Waals surface area contributed by atoms with Gasteiger partial charge in [0.1, 0.15) is 0 Å². The van der Waals surface area contributed by atoms with Gasteiger partial charge in [0.05, 0.1) is 0 Å². The van der Waals surface area contributed by atoms with E-state index in [1.54, 1.807) is 0 Å². The smallest absolute Gasteiger partial charge is 0.0352 e. The van der Waals surface area contributed by atoms with Gasteiger partial charge < -0.3 is 0 Å². The second-order valence-corrected chi connectivity index (χ2v) is 5.37. The summed E-state index contributed by atoms with van der Waals surface area (Å²) in [6.45, 7) is 0. The van der Waals surface area contributed by atoms with Crippen LogP contribution >= 0.6 is 11.3 Å². The average molecular weight is 222 g/mol. The summed E-state index contributed by atoms with van der Waals surface area (Å²) in [6.07, 6.45) is 1.12. The molecule has 0 N–H and O–H groups in total. The van der Waals surface area contributed by atoms with Gasteiger partial charge in [-0.25, -0.2) is 0 Å². The van der Waals surface area contributed by atoms with Gasteiger partial charge >= 0.3 is 0 Å². The number of rotatable bonds is 0. The zero-order chi connectivity index (χ0) is 10.5. The number of fused-ring (bicyclic) bond motifs is 5. The summed E-state index contributed by atoms with van der Waals surface area (Å²) in [7, 11) is 0. The third-order valence-electron chi connectivity index (χ3n) is 3.31. The van der Waals surface area contributed by atoms with Gasteiger partial charge in [0.2, 0.25) is 0 Å². The molecule has 1 aromatic heterocycles. The molecule has 4 rings (SSSR count). The Balaban J connectivity index is 2.15. The van der Waals surface area contributed by atoms with Crippen LogP contribution in [0.15, 0.2) is 48.5 Å². The van der Waals surface area contributed by atoms with E-state index in [-0.39, 0.29) is 0 Å². The molecule has 16 heavy (non-hydrogen) atoms. The Bertz CT molecular complexity index is 691. The van der Waals surface area contributed by atoms with E-state index in [1.165, 1.54) is 31.7 Å². The molecule has 0 atom stereocenters. The van der Waals surface area contributed by atoms with Gasteiger partial charge in [0.15, 0.2) is 0 Å². The van der Waals surface area contributed by atoms with Gasteiger partial charge in [0, 0.05) is 26.9 Å². The monoisotopic (exact) mass is 222 g/mol. The first-order valence-corrected chi connectivity index (χ1v) is 6.34. The summed E-state index contributed by atoms with van der Waals surface area (Å²) in [5.41, 5.74) is 4.40. The molecule has 0 radical (unpaired) electrons. The van der Waals surface area contributed by atoms with Crippen LogP contribution in [0.1, 0.15) is 10.4 Å². The van der Waals surface area contributed by atoms with Crippen molar-refractivity contribution in [3.63, 3.8) is 0 Å². The average Bonchev–Trinajstić information content (AvgIpc) is 2.83. The Labute approximate surface area is 98.2 Å². The molecule has 0 fully saturated rings. The Morgan fingerprint density at radius 2 is 1.69 bits per heavy atom. The van der Waals surface area contributed by atoms with Gasteiger partial charge in [0.25, 0.3) is 0 Å². The molecular formula is C15H10S. The fourth-order valence-electron chi connectivity index (χ4n) is 2.61. The lowest BCUT2D eigenvalue weighted by atomic mass is 10.0. The minimum Gasteiger partial charge on any atom is -0.139 e. The van der Waals surface area contributed by atoms with E-state index in [1.807, 2.05) is 11.3 Å². The van der Waals surface area contributed by atoms with Crippen molar-refractivity contribution in [2.75, 3.05) is 0 Å². The number of hydrogen-bond donors (Lipinski definition) is 0. The molecule has 1 heteroatoms. The van der Waals surface area contributed by atoms with E-state index in [4.69, 9.17) is 0 Å². The lowest BCUT2D eigenvalue weighted by molar-refractivity contribution is 1.31. The first kappa shape index (κ1) is 8.54. The van der Waals surface area contributed by atoms with Crippen molar-refractivity contribution < 1.29 is 0 Å². The van der Waals surface area contributed by atoms with E-state index >= 15 is 0 Å². The highest BCUT2D eigenvalue weighted by atomic mass is 32.1. The van der Waals surface area contributed by atoms with E-state index in [2.05, 4.69) is 48.5 Å². The minimum absolute atomic E-state index is 1.12. The first-order valence-electron chi connectivity index (χ1n) is 5.52. The maximum atomic E-state index is 2.25. The molecule has 1 aliphatic carbocycles. The lowest BCUT2D eigenvalue weighted by Gasteiger charge is -1.99. The molecule has 0 unspecified atom stereocenters. The summed E-state index contributed by atoms with van der Waals surface area (Å²) < 4.78 is 1.42. The Morgan fingerprint density at radius 1 is 0.875 bits per heavy atom. The maximum absolute atomic E-state index is 2.25. The van der Waals surface area contributed by atoms with E-state index in [9.17, 15) is 0 Å². The second kappa shape index (κ2) is 2.96. The van der Waals surface area contributed by atoms with Gasteiger partial charge in [-0.05, 0) is 17.2 Å². The van der Waals surface area contributed by atoms with E-state index in [0.717, 1.165) is 6.42 Å². The minimum atomic E-state index is 1.12. The van der Waals surface area contributed by atoms with E-state index < -0.39 is 0 Å². The number of thiophene rings is 1. The standard InChI is InChI=1S/C15H10S/c1-2-6-11-10(5-1)9-14-15(11)12-7-3-4-8-13(12)16-14/h1-8H,9H2. The topological polar surface area (TPSA) is 0 Å². The summed E-state index contributed by atoms with van der Waals surface area (Å²) in [6, 6.07) is 17.5. The quantitative estimate of drug-likeness (QED) is 0.411. The summed E-state index contributed by atoms with van der Waals surface area (Å²) in [5.74, 6) is 0. The fraction of sp³-hybridized carbons (Fsp3) is 0.0667. The molecular weight excluding hydrogens is 212 g/mol. The van der Waals surface area contributed by atoms with Crippen LogP contribution in [0.25, 0.3) is 21.2 Å². The predicted octanol–water partition coefficient (Wildman–Crippen LogP) is 4.47. The van der Waals surface area contributed by atoms with Crippen LogP contribution < -0.4 is 0 Å². The Hall–Kier alpha value is -1.60. The molecule has 76 valence electrons. The molecule has 0 bridgehead atoms. The van der Waals surface area contributed by atoms with Crippen molar-refractivity contribution in [2.45, 2.75) is 6.42 Å². The van der Waals surface area contributed by atoms with Gasteiger partial charge in [-0.15, -0.1) is 11.3 Å². The van der Waals surface area contributed by atoms with Crippen LogP contribution in [0.4, 0.5) is 0 Å². The highest BCUT2D eigenvalue weighted by molar-refractivity contribution is 7.19. The molecule has 0 saturated carbocycles. The van der Waals surface area contributed by atoms with Gasteiger partial charge in [-0.2, -0.15) is 0 Å². The van der Waals surface area contributed by atoms with Crippen LogP contribution in [-0.4, -0.2) is 0 Å². The largest absolute Gasteiger partial charge is 0.139 e. The molecule has 0 aliphatic heterocycles. The molecule has 0 spiro atoms. The summed E-state index contributed by atoms with van der Waals surface area (Å²) in [5, 5.41) is 1.42. The van der Waals surface area contributed by atoms with Crippen molar-refractivity contribution in [3.8, 4) is 11.1 Å². The summed E-state index contributed by atoms with van der Waals surface area (Å²) in [4.78, 5) is 1.53. The van der Waals surface area contributed by atoms with Crippen LogP contribution in [0.2, 0.25) is 0 Å². The zero-order valence-electron chi connectivity index (χ0n) is 8.73. The van der Waals surface area contributed by atoms with Gasteiger partial charge in [-0.3, -0.25) is 0 Å². The van der Waals surface area contributed by atoms with Crippen molar-refractivity contribution >= 4 is 21.4 Å². The van der Waals surface area contributed by atoms with Crippen molar-refractivity contribution in [1.82, 2.24) is 0 Å². The molecule has 3 aromatic rings.